The van der Waals surface area contributed by atoms with Crippen molar-refractivity contribution < 1.29 is 9.21 Å². The van der Waals surface area contributed by atoms with E-state index in [1.807, 2.05) is 37.3 Å². The van der Waals surface area contributed by atoms with Gasteiger partial charge in [0.2, 0.25) is 5.91 Å². The highest BCUT2D eigenvalue weighted by Gasteiger charge is 2.26. The number of furan rings is 1. The normalized spacial score (nSPS) is 16.2. The van der Waals surface area contributed by atoms with Crippen LogP contribution in [0.15, 0.2) is 52.0 Å². The summed E-state index contributed by atoms with van der Waals surface area (Å²) in [6, 6.07) is 12.0. The van der Waals surface area contributed by atoms with Gasteiger partial charge >= 0.3 is 0 Å². The van der Waals surface area contributed by atoms with E-state index in [4.69, 9.17) is 15.1 Å². The number of hydrogen-bond acceptors (Lipinski definition) is 5. The number of aliphatic imine (C=N–C) groups is 1. The van der Waals surface area contributed by atoms with Crippen LogP contribution in [-0.2, 0) is 17.9 Å². The molecule has 182 valence electrons. The summed E-state index contributed by atoms with van der Waals surface area (Å²) in [7, 11) is 0. The van der Waals surface area contributed by atoms with Crippen LogP contribution in [0.2, 0.25) is 0 Å². The van der Waals surface area contributed by atoms with Crippen LogP contribution in [-0.4, -0.2) is 36.5 Å². The zero-order valence-electron chi connectivity index (χ0n) is 19.7. The smallest absolute Gasteiger partial charge is 0.222 e. The molecule has 1 amide bonds. The molecule has 1 aliphatic rings. The number of aromatic nitrogens is 1. The Morgan fingerprint density at radius 3 is 2.85 bits per heavy atom. The number of rotatable bonds is 7. The third kappa shape index (κ3) is 5.99. The number of halogens is 1. The molecule has 0 aliphatic carbocycles. The van der Waals surface area contributed by atoms with Crippen LogP contribution in [0.3, 0.4) is 0 Å². The number of anilines is 1. The van der Waals surface area contributed by atoms with E-state index in [2.05, 4.69) is 33.5 Å². The maximum atomic E-state index is 11.7. The summed E-state index contributed by atoms with van der Waals surface area (Å²) in [5, 5.41) is 7.81. The lowest BCUT2D eigenvalue weighted by atomic mass is 9.97. The molecular formula is C25H33IN6O2. The van der Waals surface area contributed by atoms with Gasteiger partial charge in [-0.3, -0.25) is 4.79 Å². The minimum Gasteiger partial charge on any atom is -0.459 e. The van der Waals surface area contributed by atoms with E-state index >= 15 is 0 Å². The number of para-hydroxylation sites is 1. The summed E-state index contributed by atoms with van der Waals surface area (Å²) in [4.78, 5) is 23.2. The standard InChI is InChI=1S/C25H32N6O2.HI/c1-3-27-25(30-15-22-17(2)20-10-4-5-11-21(20)33-22)29-14-18-8-6-12-28-24(18)31-13-7-9-19(16-31)23(26)32;/h4-6,8,10-12,19H,3,7,9,13-16H2,1-2H3,(H2,26,32)(H2,27,29,30);1H. The van der Waals surface area contributed by atoms with Crippen molar-refractivity contribution in [1.29, 1.82) is 0 Å². The second kappa shape index (κ2) is 12.0. The van der Waals surface area contributed by atoms with E-state index < -0.39 is 0 Å². The largest absolute Gasteiger partial charge is 0.459 e. The number of nitrogens with two attached hydrogens (primary N) is 1. The molecule has 0 saturated carbocycles. The van der Waals surface area contributed by atoms with Crippen molar-refractivity contribution in [2.75, 3.05) is 24.5 Å². The second-order valence-electron chi connectivity index (χ2n) is 8.37. The van der Waals surface area contributed by atoms with E-state index in [1.54, 1.807) is 6.20 Å². The van der Waals surface area contributed by atoms with Gasteiger partial charge in [0.25, 0.3) is 0 Å². The molecule has 1 aromatic carbocycles. The maximum absolute atomic E-state index is 11.7. The monoisotopic (exact) mass is 576 g/mol. The third-order valence-electron chi connectivity index (χ3n) is 6.10. The fourth-order valence-electron chi connectivity index (χ4n) is 4.30. The minimum atomic E-state index is -0.241. The van der Waals surface area contributed by atoms with Crippen LogP contribution in [0, 0.1) is 12.8 Å². The fraction of sp³-hybridized carbons (Fsp3) is 0.400. The molecular weight excluding hydrogens is 543 g/mol. The van der Waals surface area contributed by atoms with Gasteiger partial charge in [0, 0.05) is 42.3 Å². The molecule has 3 aromatic rings. The number of carbonyl (C=O) groups excluding carboxylic acids is 1. The summed E-state index contributed by atoms with van der Waals surface area (Å²) >= 11 is 0. The molecule has 9 heteroatoms. The van der Waals surface area contributed by atoms with Crippen LogP contribution >= 0.6 is 24.0 Å². The van der Waals surface area contributed by atoms with Gasteiger partial charge in [0.1, 0.15) is 17.2 Å². The summed E-state index contributed by atoms with van der Waals surface area (Å²) in [6.45, 7) is 7.34. The van der Waals surface area contributed by atoms with Crippen LogP contribution < -0.4 is 21.3 Å². The molecule has 1 fully saturated rings. The van der Waals surface area contributed by atoms with Crippen molar-refractivity contribution >= 4 is 52.6 Å². The van der Waals surface area contributed by atoms with Gasteiger partial charge in [-0.1, -0.05) is 24.3 Å². The van der Waals surface area contributed by atoms with Gasteiger partial charge in [-0.05, 0) is 38.8 Å². The Kier molecular flexibility index (Phi) is 9.14. The lowest BCUT2D eigenvalue weighted by Gasteiger charge is -2.33. The van der Waals surface area contributed by atoms with Crippen molar-refractivity contribution in [1.82, 2.24) is 15.6 Å². The Balaban J connectivity index is 0.00000324. The molecule has 4 N–H and O–H groups in total. The molecule has 8 nitrogen and oxygen atoms in total. The molecule has 0 radical (unpaired) electrons. The van der Waals surface area contributed by atoms with E-state index in [-0.39, 0.29) is 35.8 Å². The molecule has 1 aliphatic heterocycles. The lowest BCUT2D eigenvalue weighted by Crippen LogP contribution is -2.42. The molecule has 3 heterocycles. The van der Waals surface area contributed by atoms with E-state index in [9.17, 15) is 4.79 Å². The first kappa shape index (κ1) is 25.8. The summed E-state index contributed by atoms with van der Waals surface area (Å²) < 4.78 is 6.02. The summed E-state index contributed by atoms with van der Waals surface area (Å²) in [6.07, 6.45) is 3.54. The molecule has 1 saturated heterocycles. The molecule has 1 atom stereocenters. The number of nitrogens with one attached hydrogen (secondary N) is 2. The first-order chi connectivity index (χ1) is 16.1. The summed E-state index contributed by atoms with van der Waals surface area (Å²) in [5.74, 6) is 2.10. The number of amides is 1. The molecule has 0 bridgehead atoms. The van der Waals surface area contributed by atoms with Crippen molar-refractivity contribution in [3.63, 3.8) is 0 Å². The molecule has 2 aromatic heterocycles. The number of hydrogen-bond donors (Lipinski definition) is 3. The number of guanidine groups is 1. The van der Waals surface area contributed by atoms with Crippen LogP contribution in [0.25, 0.3) is 11.0 Å². The summed E-state index contributed by atoms with van der Waals surface area (Å²) in [5.41, 5.74) is 8.61. The van der Waals surface area contributed by atoms with Crippen LogP contribution in [0.1, 0.15) is 36.7 Å². The number of carbonyl (C=O) groups is 1. The number of primary amides is 1. The van der Waals surface area contributed by atoms with Crippen molar-refractivity contribution in [3.05, 3.63) is 59.5 Å². The molecule has 0 spiro atoms. The second-order valence-corrected chi connectivity index (χ2v) is 8.37. The number of pyridine rings is 1. The minimum absolute atomic E-state index is 0. The van der Waals surface area contributed by atoms with Gasteiger partial charge < -0.3 is 25.7 Å². The predicted octanol–water partition coefficient (Wildman–Crippen LogP) is 3.71. The number of benzene rings is 1. The molecule has 34 heavy (non-hydrogen) atoms. The fourth-order valence-corrected chi connectivity index (χ4v) is 4.30. The number of nitrogens with zero attached hydrogens (tertiary/aromatic N) is 3. The topological polar surface area (TPSA) is 109 Å². The van der Waals surface area contributed by atoms with Crippen LogP contribution in [0.4, 0.5) is 5.82 Å². The third-order valence-corrected chi connectivity index (χ3v) is 6.10. The Morgan fingerprint density at radius 1 is 1.26 bits per heavy atom. The van der Waals surface area contributed by atoms with E-state index in [0.717, 1.165) is 59.6 Å². The van der Waals surface area contributed by atoms with E-state index in [0.29, 0.717) is 25.6 Å². The quantitative estimate of drug-likeness (QED) is 0.225. The SMILES string of the molecule is CCNC(=NCc1cccnc1N1CCCC(C(N)=O)C1)NCc1oc2ccccc2c1C.I. The Morgan fingerprint density at radius 2 is 2.09 bits per heavy atom. The highest BCUT2D eigenvalue weighted by molar-refractivity contribution is 14.0. The van der Waals surface area contributed by atoms with Gasteiger partial charge in [-0.25, -0.2) is 9.98 Å². The average Bonchev–Trinajstić information content (AvgIpc) is 3.16. The predicted molar refractivity (Wildman–Crippen MR) is 146 cm³/mol. The molecule has 4 rings (SSSR count). The van der Waals surface area contributed by atoms with Crippen molar-refractivity contribution in [2.24, 2.45) is 16.6 Å². The van der Waals surface area contributed by atoms with Gasteiger partial charge in [-0.15, -0.1) is 24.0 Å². The highest BCUT2D eigenvalue weighted by atomic mass is 127. The van der Waals surface area contributed by atoms with Gasteiger partial charge in [-0.2, -0.15) is 0 Å². The first-order valence-corrected chi connectivity index (χ1v) is 11.5. The number of piperidine rings is 1. The Labute approximate surface area is 217 Å². The average molecular weight is 576 g/mol. The number of fused-ring (bicyclic) bond motifs is 1. The Hall–Kier alpha value is -2.82. The Bertz CT molecular complexity index is 1150. The van der Waals surface area contributed by atoms with E-state index in [1.165, 1.54) is 0 Å². The van der Waals surface area contributed by atoms with Crippen LogP contribution in [0.5, 0.6) is 0 Å². The number of aryl methyl sites for hydroxylation is 1. The van der Waals surface area contributed by atoms with Gasteiger partial charge in [0.05, 0.1) is 19.0 Å². The molecule has 1 unspecified atom stereocenters. The lowest BCUT2D eigenvalue weighted by molar-refractivity contribution is -0.122. The highest BCUT2D eigenvalue weighted by Crippen LogP contribution is 2.26. The van der Waals surface area contributed by atoms with Crippen molar-refractivity contribution in [3.8, 4) is 0 Å². The zero-order valence-corrected chi connectivity index (χ0v) is 22.0. The first-order valence-electron chi connectivity index (χ1n) is 11.5. The van der Waals surface area contributed by atoms with Gasteiger partial charge in [0.15, 0.2) is 5.96 Å². The van der Waals surface area contributed by atoms with Crippen molar-refractivity contribution in [2.45, 2.75) is 39.8 Å². The maximum Gasteiger partial charge on any atom is 0.222 e. The zero-order chi connectivity index (χ0) is 23.2.